The van der Waals surface area contributed by atoms with Gasteiger partial charge in [-0.05, 0) is 65.1 Å². The molecule has 24 heavy (non-hydrogen) atoms. The van der Waals surface area contributed by atoms with Crippen molar-refractivity contribution in [2.75, 3.05) is 7.11 Å². The molecule has 0 aromatic heterocycles. The molecule has 0 fully saturated rings. The Morgan fingerprint density at radius 1 is 0.792 bits per heavy atom. The van der Waals surface area contributed by atoms with Crippen LogP contribution in [0.4, 0.5) is 0 Å². The molecule has 3 aromatic rings. The van der Waals surface area contributed by atoms with E-state index in [2.05, 4.69) is 72.8 Å². The van der Waals surface area contributed by atoms with Gasteiger partial charge in [0.2, 0.25) is 0 Å². The van der Waals surface area contributed by atoms with Gasteiger partial charge in [-0.1, -0.05) is 60.7 Å². The summed E-state index contributed by atoms with van der Waals surface area (Å²) in [4.78, 5) is 0. The van der Waals surface area contributed by atoms with E-state index in [9.17, 15) is 0 Å². The van der Waals surface area contributed by atoms with Crippen molar-refractivity contribution in [1.82, 2.24) is 0 Å². The average Bonchev–Trinajstić information content (AvgIpc) is 2.68. The van der Waals surface area contributed by atoms with E-state index in [1.165, 1.54) is 34.2 Å². The van der Waals surface area contributed by atoms with Crippen molar-refractivity contribution >= 4 is 0 Å². The molecule has 0 saturated heterocycles. The van der Waals surface area contributed by atoms with Crippen LogP contribution in [-0.4, -0.2) is 7.11 Å². The summed E-state index contributed by atoms with van der Waals surface area (Å²) in [5.74, 6) is 1.57. The van der Waals surface area contributed by atoms with Crippen molar-refractivity contribution < 1.29 is 4.74 Å². The van der Waals surface area contributed by atoms with Crippen LogP contribution in [0.1, 0.15) is 29.0 Å². The lowest BCUT2D eigenvalue weighted by Gasteiger charge is -2.25. The Bertz CT molecular complexity index is 818. The zero-order valence-corrected chi connectivity index (χ0v) is 14.0. The lowest BCUT2D eigenvalue weighted by molar-refractivity contribution is 0.413. The average molecular weight is 314 g/mol. The highest BCUT2D eigenvalue weighted by Gasteiger charge is 2.20. The number of aryl methyl sites for hydroxylation is 1. The third-order valence-electron chi connectivity index (χ3n) is 5.13. The van der Waals surface area contributed by atoms with Gasteiger partial charge >= 0.3 is 0 Å². The first-order valence-electron chi connectivity index (χ1n) is 8.64. The van der Waals surface area contributed by atoms with Crippen LogP contribution in [-0.2, 0) is 12.8 Å². The molecule has 0 heterocycles. The molecule has 0 N–H and O–H groups in total. The molecule has 1 atom stereocenters. The highest BCUT2D eigenvalue weighted by molar-refractivity contribution is 5.63. The zero-order chi connectivity index (χ0) is 16.4. The molecule has 1 unspecified atom stereocenters. The Labute approximate surface area is 143 Å². The lowest BCUT2D eigenvalue weighted by Crippen LogP contribution is -2.12. The Balaban J connectivity index is 1.56. The number of benzene rings is 3. The van der Waals surface area contributed by atoms with Crippen LogP contribution < -0.4 is 4.74 Å². The van der Waals surface area contributed by atoms with Gasteiger partial charge in [-0.2, -0.15) is 0 Å². The van der Waals surface area contributed by atoms with Crippen LogP contribution in [0.3, 0.4) is 0 Å². The van der Waals surface area contributed by atoms with Crippen LogP contribution in [0, 0.1) is 0 Å². The molecule has 1 aliphatic carbocycles. The summed E-state index contributed by atoms with van der Waals surface area (Å²) in [6, 6.07) is 26.2. The van der Waals surface area contributed by atoms with E-state index in [0.717, 1.165) is 18.6 Å². The molecule has 0 spiro atoms. The maximum absolute atomic E-state index is 5.39. The lowest BCUT2D eigenvalue weighted by atomic mass is 9.80. The van der Waals surface area contributed by atoms with Crippen molar-refractivity contribution in [3.63, 3.8) is 0 Å². The first-order valence-corrected chi connectivity index (χ1v) is 8.64. The SMILES string of the molecule is COc1ccc2c(c1)CC(c1ccc(-c3ccccc3)cc1)CC2. The molecule has 1 heteroatoms. The van der Waals surface area contributed by atoms with E-state index >= 15 is 0 Å². The second-order valence-corrected chi connectivity index (χ2v) is 6.56. The van der Waals surface area contributed by atoms with Crippen LogP contribution >= 0.6 is 0 Å². The Morgan fingerprint density at radius 3 is 2.29 bits per heavy atom. The van der Waals surface area contributed by atoms with Gasteiger partial charge in [0.25, 0.3) is 0 Å². The van der Waals surface area contributed by atoms with Gasteiger partial charge in [0.15, 0.2) is 0 Å². The van der Waals surface area contributed by atoms with Crippen LogP contribution in [0.2, 0.25) is 0 Å². The molecule has 0 bridgehead atoms. The van der Waals surface area contributed by atoms with Gasteiger partial charge in [-0.3, -0.25) is 0 Å². The molecule has 0 saturated carbocycles. The van der Waals surface area contributed by atoms with E-state index in [1.807, 2.05) is 0 Å². The maximum Gasteiger partial charge on any atom is 0.119 e. The summed E-state index contributed by atoms with van der Waals surface area (Å²) in [7, 11) is 1.74. The first kappa shape index (κ1) is 15.0. The fourth-order valence-corrected chi connectivity index (χ4v) is 3.72. The fraction of sp³-hybridized carbons (Fsp3) is 0.217. The molecule has 0 amide bonds. The van der Waals surface area contributed by atoms with Crippen LogP contribution in [0.25, 0.3) is 11.1 Å². The second kappa shape index (κ2) is 6.52. The first-order chi connectivity index (χ1) is 11.8. The monoisotopic (exact) mass is 314 g/mol. The smallest absolute Gasteiger partial charge is 0.119 e. The van der Waals surface area contributed by atoms with Crippen LogP contribution in [0.15, 0.2) is 72.8 Å². The summed E-state index contributed by atoms with van der Waals surface area (Å²) in [6.45, 7) is 0. The summed E-state index contributed by atoms with van der Waals surface area (Å²) in [5.41, 5.74) is 6.94. The number of methoxy groups -OCH3 is 1. The van der Waals surface area contributed by atoms with E-state index < -0.39 is 0 Å². The van der Waals surface area contributed by atoms with Gasteiger partial charge < -0.3 is 4.74 Å². The van der Waals surface area contributed by atoms with Gasteiger partial charge in [-0.15, -0.1) is 0 Å². The summed E-state index contributed by atoms with van der Waals surface area (Å²) in [6.07, 6.45) is 3.49. The molecule has 0 radical (unpaired) electrons. The standard InChI is InChI=1S/C23H22O/c1-24-23-14-13-20-11-12-21(15-22(20)16-23)19-9-7-18(8-10-19)17-5-3-2-4-6-17/h2-10,13-14,16,21H,11-12,15H2,1H3. The third-order valence-corrected chi connectivity index (χ3v) is 5.13. The minimum atomic E-state index is 0.606. The normalized spacial score (nSPS) is 16.5. The number of rotatable bonds is 3. The van der Waals surface area contributed by atoms with Crippen molar-refractivity contribution in [2.24, 2.45) is 0 Å². The van der Waals surface area contributed by atoms with Gasteiger partial charge in [0.05, 0.1) is 7.11 Å². The largest absolute Gasteiger partial charge is 0.497 e. The molecule has 0 aliphatic heterocycles. The summed E-state index contributed by atoms with van der Waals surface area (Å²) >= 11 is 0. The number of hydrogen-bond donors (Lipinski definition) is 0. The third kappa shape index (κ3) is 2.94. The van der Waals surface area contributed by atoms with E-state index in [-0.39, 0.29) is 0 Å². The summed E-state index contributed by atoms with van der Waals surface area (Å²) < 4.78 is 5.39. The topological polar surface area (TPSA) is 9.23 Å². The van der Waals surface area contributed by atoms with Crippen LogP contribution in [0.5, 0.6) is 5.75 Å². The molecule has 4 rings (SSSR count). The minimum absolute atomic E-state index is 0.606. The Kier molecular flexibility index (Phi) is 4.08. The van der Waals surface area contributed by atoms with Crippen molar-refractivity contribution in [3.05, 3.63) is 89.5 Å². The van der Waals surface area contributed by atoms with E-state index in [4.69, 9.17) is 4.74 Å². The van der Waals surface area contributed by atoms with Gasteiger partial charge in [0.1, 0.15) is 5.75 Å². The zero-order valence-electron chi connectivity index (χ0n) is 14.0. The Morgan fingerprint density at radius 2 is 1.54 bits per heavy atom. The number of ether oxygens (including phenoxy) is 1. The molecule has 3 aromatic carbocycles. The predicted octanol–water partition coefficient (Wildman–Crippen LogP) is 5.63. The highest BCUT2D eigenvalue weighted by atomic mass is 16.5. The second-order valence-electron chi connectivity index (χ2n) is 6.56. The highest BCUT2D eigenvalue weighted by Crippen LogP contribution is 2.35. The number of hydrogen-bond acceptors (Lipinski definition) is 1. The Hall–Kier alpha value is -2.54. The predicted molar refractivity (Wildman–Crippen MR) is 99.6 cm³/mol. The van der Waals surface area contributed by atoms with E-state index in [0.29, 0.717) is 5.92 Å². The molecular formula is C23H22O. The quantitative estimate of drug-likeness (QED) is 0.608. The number of fused-ring (bicyclic) bond motifs is 1. The molecular weight excluding hydrogens is 292 g/mol. The fourth-order valence-electron chi connectivity index (χ4n) is 3.72. The van der Waals surface area contributed by atoms with Gasteiger partial charge in [0, 0.05) is 0 Å². The van der Waals surface area contributed by atoms with Crippen molar-refractivity contribution in [3.8, 4) is 16.9 Å². The molecule has 1 aliphatic rings. The van der Waals surface area contributed by atoms with Crippen molar-refractivity contribution in [1.29, 1.82) is 0 Å². The molecule has 1 nitrogen and oxygen atoms in total. The maximum atomic E-state index is 5.39. The van der Waals surface area contributed by atoms with Crippen molar-refractivity contribution in [2.45, 2.75) is 25.2 Å². The minimum Gasteiger partial charge on any atom is -0.497 e. The molecule has 120 valence electrons. The van der Waals surface area contributed by atoms with Gasteiger partial charge in [-0.25, -0.2) is 0 Å². The summed E-state index contributed by atoms with van der Waals surface area (Å²) in [5, 5.41) is 0. The van der Waals surface area contributed by atoms with E-state index in [1.54, 1.807) is 7.11 Å².